The molecule has 2 rings (SSSR count). The number of anilines is 1. The summed E-state index contributed by atoms with van der Waals surface area (Å²) < 4.78 is 0. The Kier molecular flexibility index (Phi) is 4.55. The van der Waals surface area contributed by atoms with Gasteiger partial charge in [0, 0.05) is 11.9 Å². The Morgan fingerprint density at radius 2 is 1.94 bits per heavy atom. The van der Waals surface area contributed by atoms with Gasteiger partial charge in [0.15, 0.2) is 5.11 Å². The van der Waals surface area contributed by atoms with Gasteiger partial charge in [0.2, 0.25) is 0 Å². The molecule has 1 aromatic heterocycles. The van der Waals surface area contributed by atoms with Gasteiger partial charge in [0.1, 0.15) is 5.03 Å². The lowest BCUT2D eigenvalue weighted by Crippen LogP contribution is -2.24. The molecular formula is C13H13N3S2. The predicted octanol–water partition coefficient (Wildman–Crippen LogP) is 3.15. The Hall–Kier alpha value is -1.59. The summed E-state index contributed by atoms with van der Waals surface area (Å²) in [5.74, 6) is 0. The maximum Gasteiger partial charge on any atom is 0.170 e. The van der Waals surface area contributed by atoms with Gasteiger partial charge in [-0.15, -0.1) is 0 Å². The molecule has 0 radical (unpaired) electrons. The standard InChI is InChI=1S/C13H13N3S2/c1-14-13(17)16-10-7-8-12(15-9-10)18-11-5-3-2-4-6-11/h2-9H,1H3,(H2,14,16,17). The summed E-state index contributed by atoms with van der Waals surface area (Å²) >= 11 is 6.65. The molecule has 0 unspecified atom stereocenters. The lowest BCUT2D eigenvalue weighted by atomic mass is 10.4. The van der Waals surface area contributed by atoms with Gasteiger partial charge in [-0.3, -0.25) is 0 Å². The fourth-order valence-electron chi connectivity index (χ4n) is 1.32. The summed E-state index contributed by atoms with van der Waals surface area (Å²) in [5.41, 5.74) is 0.881. The van der Waals surface area contributed by atoms with Crippen LogP contribution in [0.15, 0.2) is 58.6 Å². The zero-order chi connectivity index (χ0) is 12.8. The Morgan fingerprint density at radius 1 is 1.17 bits per heavy atom. The largest absolute Gasteiger partial charge is 0.366 e. The second-order valence-corrected chi connectivity index (χ2v) is 5.01. The Bertz CT molecular complexity index is 512. The van der Waals surface area contributed by atoms with E-state index in [-0.39, 0.29) is 0 Å². The first-order valence-corrected chi connectivity index (χ1v) is 6.68. The normalized spacial score (nSPS) is 9.83. The van der Waals surface area contributed by atoms with Crippen LogP contribution in [0.3, 0.4) is 0 Å². The monoisotopic (exact) mass is 275 g/mol. The van der Waals surface area contributed by atoms with E-state index >= 15 is 0 Å². The van der Waals surface area contributed by atoms with Crippen molar-refractivity contribution in [3.63, 3.8) is 0 Å². The molecule has 0 fully saturated rings. The third-order valence-corrected chi connectivity index (χ3v) is 3.45. The SMILES string of the molecule is CNC(=S)Nc1ccc(Sc2ccccc2)nc1. The van der Waals surface area contributed by atoms with Crippen LogP contribution in [0.5, 0.6) is 0 Å². The van der Waals surface area contributed by atoms with Crippen molar-refractivity contribution in [2.24, 2.45) is 0 Å². The average molecular weight is 275 g/mol. The van der Waals surface area contributed by atoms with Gasteiger partial charge >= 0.3 is 0 Å². The van der Waals surface area contributed by atoms with Crippen molar-refractivity contribution in [2.75, 3.05) is 12.4 Å². The summed E-state index contributed by atoms with van der Waals surface area (Å²) in [4.78, 5) is 5.55. The van der Waals surface area contributed by atoms with Crippen LogP contribution in [0.1, 0.15) is 0 Å². The summed E-state index contributed by atoms with van der Waals surface area (Å²) in [6.07, 6.45) is 1.77. The van der Waals surface area contributed by atoms with Gasteiger partial charge in [-0.2, -0.15) is 0 Å². The minimum Gasteiger partial charge on any atom is -0.366 e. The predicted molar refractivity (Wildman–Crippen MR) is 80.1 cm³/mol. The lowest BCUT2D eigenvalue weighted by molar-refractivity contribution is 1.13. The summed E-state index contributed by atoms with van der Waals surface area (Å²) in [5, 5.41) is 7.43. The van der Waals surface area contributed by atoms with Crippen LogP contribution in [-0.4, -0.2) is 17.1 Å². The molecule has 0 aliphatic heterocycles. The number of hydrogen-bond acceptors (Lipinski definition) is 3. The number of aromatic nitrogens is 1. The maximum absolute atomic E-state index is 5.02. The molecule has 1 aromatic carbocycles. The van der Waals surface area contributed by atoms with Crippen LogP contribution in [0.25, 0.3) is 0 Å². The first-order valence-electron chi connectivity index (χ1n) is 5.45. The number of pyridine rings is 1. The second kappa shape index (κ2) is 6.37. The molecule has 0 aliphatic carbocycles. The van der Waals surface area contributed by atoms with Crippen molar-refractivity contribution in [1.29, 1.82) is 0 Å². The van der Waals surface area contributed by atoms with Crippen LogP contribution in [0.4, 0.5) is 5.69 Å². The highest BCUT2D eigenvalue weighted by Crippen LogP contribution is 2.25. The molecule has 1 heterocycles. The summed E-state index contributed by atoms with van der Waals surface area (Å²) in [6.45, 7) is 0. The van der Waals surface area contributed by atoms with Gasteiger partial charge in [-0.1, -0.05) is 30.0 Å². The molecule has 0 atom stereocenters. The van der Waals surface area contributed by atoms with E-state index in [2.05, 4.69) is 27.8 Å². The number of nitrogens with one attached hydrogen (secondary N) is 2. The Labute approximate surface area is 116 Å². The molecule has 3 nitrogen and oxygen atoms in total. The molecule has 0 saturated carbocycles. The molecule has 2 N–H and O–H groups in total. The fraction of sp³-hybridized carbons (Fsp3) is 0.0769. The topological polar surface area (TPSA) is 37.0 Å². The summed E-state index contributed by atoms with van der Waals surface area (Å²) in [7, 11) is 1.78. The number of thiocarbonyl (C=S) groups is 1. The van der Waals surface area contributed by atoms with Crippen LogP contribution < -0.4 is 10.6 Å². The van der Waals surface area contributed by atoms with E-state index in [0.717, 1.165) is 10.7 Å². The summed E-state index contributed by atoms with van der Waals surface area (Å²) in [6, 6.07) is 14.1. The molecule has 0 spiro atoms. The highest BCUT2D eigenvalue weighted by atomic mass is 32.2. The molecule has 2 aromatic rings. The minimum atomic E-state index is 0.584. The first-order chi connectivity index (χ1) is 8.78. The molecule has 18 heavy (non-hydrogen) atoms. The van der Waals surface area contributed by atoms with Crippen LogP contribution in [0, 0.1) is 0 Å². The van der Waals surface area contributed by atoms with Crippen molar-refractivity contribution < 1.29 is 0 Å². The maximum atomic E-state index is 5.02. The van der Waals surface area contributed by atoms with E-state index < -0.39 is 0 Å². The number of benzene rings is 1. The zero-order valence-corrected chi connectivity index (χ0v) is 11.5. The van der Waals surface area contributed by atoms with Gasteiger partial charge < -0.3 is 10.6 Å². The molecular weight excluding hydrogens is 262 g/mol. The van der Waals surface area contributed by atoms with E-state index in [4.69, 9.17) is 12.2 Å². The molecule has 0 aliphatic rings. The minimum absolute atomic E-state index is 0.584. The third-order valence-electron chi connectivity index (χ3n) is 2.19. The number of rotatable bonds is 3. The van der Waals surface area contributed by atoms with Crippen molar-refractivity contribution in [3.05, 3.63) is 48.7 Å². The second-order valence-electron chi connectivity index (χ2n) is 3.50. The van der Waals surface area contributed by atoms with Gasteiger partial charge in [-0.05, 0) is 36.5 Å². The smallest absolute Gasteiger partial charge is 0.170 e. The van der Waals surface area contributed by atoms with Crippen LogP contribution in [-0.2, 0) is 0 Å². The van der Waals surface area contributed by atoms with Gasteiger partial charge in [0.25, 0.3) is 0 Å². The Morgan fingerprint density at radius 3 is 2.56 bits per heavy atom. The van der Waals surface area contributed by atoms with Crippen LogP contribution >= 0.6 is 24.0 Å². The zero-order valence-electron chi connectivity index (χ0n) is 9.88. The average Bonchev–Trinajstić information content (AvgIpc) is 2.42. The van der Waals surface area contributed by atoms with E-state index in [9.17, 15) is 0 Å². The first kappa shape index (κ1) is 12.9. The van der Waals surface area contributed by atoms with Crippen molar-refractivity contribution in [2.45, 2.75) is 9.92 Å². The molecule has 0 amide bonds. The number of nitrogens with zero attached hydrogens (tertiary/aromatic N) is 1. The van der Waals surface area contributed by atoms with Crippen molar-refractivity contribution in [1.82, 2.24) is 10.3 Å². The molecule has 5 heteroatoms. The van der Waals surface area contributed by atoms with Crippen molar-refractivity contribution >= 4 is 34.8 Å². The molecule has 0 saturated heterocycles. The van der Waals surface area contributed by atoms with E-state index in [0.29, 0.717) is 5.11 Å². The highest BCUT2D eigenvalue weighted by Gasteiger charge is 1.99. The van der Waals surface area contributed by atoms with Gasteiger partial charge in [0.05, 0.1) is 11.9 Å². The lowest BCUT2D eigenvalue weighted by Gasteiger charge is -2.07. The number of hydrogen-bond donors (Lipinski definition) is 2. The molecule has 0 bridgehead atoms. The van der Waals surface area contributed by atoms with Gasteiger partial charge in [-0.25, -0.2) is 4.98 Å². The van der Waals surface area contributed by atoms with Crippen LogP contribution in [0.2, 0.25) is 0 Å². The van der Waals surface area contributed by atoms with E-state index in [1.54, 1.807) is 25.0 Å². The van der Waals surface area contributed by atoms with E-state index in [1.165, 1.54) is 4.90 Å². The molecule has 92 valence electrons. The quantitative estimate of drug-likeness (QED) is 0.842. The Balaban J connectivity index is 2.02. The third kappa shape index (κ3) is 3.72. The van der Waals surface area contributed by atoms with Crippen molar-refractivity contribution in [3.8, 4) is 0 Å². The fourth-order valence-corrected chi connectivity index (χ4v) is 2.21. The highest BCUT2D eigenvalue weighted by molar-refractivity contribution is 7.99. The van der Waals surface area contributed by atoms with E-state index in [1.807, 2.05) is 30.3 Å².